The summed E-state index contributed by atoms with van der Waals surface area (Å²) in [5.74, 6) is 2.39. The summed E-state index contributed by atoms with van der Waals surface area (Å²) in [6.07, 6.45) is 5.64. The average Bonchev–Trinajstić information content (AvgIpc) is 3.58. The van der Waals surface area contributed by atoms with Gasteiger partial charge in [-0.05, 0) is 75.6 Å². The van der Waals surface area contributed by atoms with Crippen LogP contribution >= 0.6 is 0 Å². The molecule has 0 radical (unpaired) electrons. The Balaban J connectivity index is 1.06. The number of imidazole rings is 2. The number of aromatic nitrogens is 4. The van der Waals surface area contributed by atoms with Crippen LogP contribution in [0.5, 0.6) is 0 Å². The quantitative estimate of drug-likeness (QED) is 0.231. The molecule has 42 heavy (non-hydrogen) atoms. The predicted molar refractivity (Wildman–Crippen MR) is 160 cm³/mol. The molecule has 2 saturated heterocycles. The molecule has 0 spiro atoms. The van der Waals surface area contributed by atoms with Crippen LogP contribution in [0.25, 0.3) is 33.6 Å². The number of ether oxygens (including phenoxy) is 1. The third-order valence-corrected chi connectivity index (χ3v) is 8.88. The highest BCUT2D eigenvalue weighted by Crippen LogP contribution is 2.56. The summed E-state index contributed by atoms with van der Waals surface area (Å²) in [6, 6.07) is 16.6. The molecule has 4 heterocycles. The standard InChI is InChI=1S/C33H38N6O3/c1-32(2,3)42-31(41)39-16-4-5-27(39)29-34-18-25(36-29)22-10-6-20(7-11-22)21-8-12-23(13-9-21)28-26(19-40)37-30(38-28)33-17-24(33)14-15-35-33/h6-13,18,24,27,35,40H,4-5,14-17,19H2,1-3H3,(H,34,36)(H,37,38)/t24-,27-,33?/m0/s1. The highest BCUT2D eigenvalue weighted by Gasteiger charge is 2.60. The Hall–Kier alpha value is -3.95. The second-order valence-corrected chi connectivity index (χ2v) is 12.8. The molecule has 2 aromatic heterocycles. The molecule has 3 aliphatic rings. The number of carbonyl (C=O) groups is 1. The van der Waals surface area contributed by atoms with Gasteiger partial charge in [0, 0.05) is 12.1 Å². The molecule has 4 aromatic rings. The van der Waals surface area contributed by atoms with Gasteiger partial charge in [-0.2, -0.15) is 0 Å². The molecule has 1 aliphatic carbocycles. The number of nitrogens with zero attached hydrogens (tertiary/aromatic N) is 3. The summed E-state index contributed by atoms with van der Waals surface area (Å²) in [4.78, 5) is 30.9. The number of rotatable bonds is 6. The summed E-state index contributed by atoms with van der Waals surface area (Å²) in [5, 5.41) is 13.6. The Kier molecular flexibility index (Phi) is 6.47. The van der Waals surface area contributed by atoms with Gasteiger partial charge in [-0.25, -0.2) is 14.8 Å². The fourth-order valence-corrected chi connectivity index (χ4v) is 6.62. The number of nitrogens with one attached hydrogen (secondary N) is 3. The lowest BCUT2D eigenvalue weighted by Crippen LogP contribution is -2.36. The first-order chi connectivity index (χ1) is 20.2. The van der Waals surface area contributed by atoms with Crippen molar-refractivity contribution in [2.24, 2.45) is 5.92 Å². The summed E-state index contributed by atoms with van der Waals surface area (Å²) >= 11 is 0. The number of aromatic amines is 2. The number of piperidine rings is 1. The van der Waals surface area contributed by atoms with Crippen molar-refractivity contribution in [2.45, 2.75) is 70.2 Å². The van der Waals surface area contributed by atoms with Crippen LogP contribution in [0, 0.1) is 5.92 Å². The van der Waals surface area contributed by atoms with E-state index >= 15 is 0 Å². The molecular weight excluding hydrogens is 528 g/mol. The number of fused-ring (bicyclic) bond motifs is 1. The van der Waals surface area contributed by atoms with Crippen LogP contribution in [0.2, 0.25) is 0 Å². The Morgan fingerprint density at radius 1 is 1.02 bits per heavy atom. The van der Waals surface area contributed by atoms with Crippen molar-refractivity contribution < 1.29 is 14.6 Å². The van der Waals surface area contributed by atoms with E-state index in [4.69, 9.17) is 9.72 Å². The van der Waals surface area contributed by atoms with Gasteiger partial charge in [0.15, 0.2) is 0 Å². The SMILES string of the molecule is CC(C)(C)OC(=O)N1CCC[C@H]1c1ncc(-c2ccc(-c3ccc(-c4nc(C56C[C@@H]5CCN6)[nH]c4CO)cc3)cc2)[nH]1. The van der Waals surface area contributed by atoms with Crippen molar-refractivity contribution in [2.75, 3.05) is 13.1 Å². The molecule has 7 rings (SSSR count). The molecule has 2 aromatic carbocycles. The first-order valence-electron chi connectivity index (χ1n) is 14.9. The largest absolute Gasteiger partial charge is 0.444 e. The number of likely N-dealkylation sites (tertiary alicyclic amines) is 1. The topological polar surface area (TPSA) is 119 Å². The first-order valence-corrected chi connectivity index (χ1v) is 14.9. The van der Waals surface area contributed by atoms with Gasteiger partial charge in [0.1, 0.15) is 17.2 Å². The summed E-state index contributed by atoms with van der Waals surface area (Å²) < 4.78 is 5.62. The van der Waals surface area contributed by atoms with E-state index in [1.54, 1.807) is 4.90 Å². The lowest BCUT2D eigenvalue weighted by molar-refractivity contribution is 0.0218. The number of aliphatic hydroxyl groups excluding tert-OH is 1. The van der Waals surface area contributed by atoms with Crippen LogP contribution in [0.4, 0.5) is 4.79 Å². The van der Waals surface area contributed by atoms with Crippen molar-refractivity contribution in [3.63, 3.8) is 0 Å². The van der Waals surface area contributed by atoms with E-state index in [1.165, 1.54) is 6.42 Å². The van der Waals surface area contributed by atoms with E-state index < -0.39 is 5.60 Å². The molecule has 218 valence electrons. The number of hydrogen-bond acceptors (Lipinski definition) is 6. The fourth-order valence-electron chi connectivity index (χ4n) is 6.62. The van der Waals surface area contributed by atoms with Crippen molar-refractivity contribution in [3.05, 3.63) is 72.1 Å². The van der Waals surface area contributed by atoms with Gasteiger partial charge in [-0.1, -0.05) is 48.5 Å². The molecule has 1 saturated carbocycles. The summed E-state index contributed by atoms with van der Waals surface area (Å²) in [5.41, 5.74) is 6.20. The minimum Gasteiger partial charge on any atom is -0.444 e. The highest BCUT2D eigenvalue weighted by atomic mass is 16.6. The van der Waals surface area contributed by atoms with Gasteiger partial charge >= 0.3 is 6.09 Å². The number of carbonyl (C=O) groups excluding carboxylic acids is 1. The monoisotopic (exact) mass is 566 g/mol. The van der Waals surface area contributed by atoms with Crippen LogP contribution in [-0.4, -0.2) is 54.7 Å². The molecule has 2 aliphatic heterocycles. The van der Waals surface area contributed by atoms with Crippen molar-refractivity contribution >= 4 is 6.09 Å². The predicted octanol–water partition coefficient (Wildman–Crippen LogP) is 5.91. The first kappa shape index (κ1) is 26.9. The van der Waals surface area contributed by atoms with Crippen molar-refractivity contribution in [1.29, 1.82) is 0 Å². The van der Waals surface area contributed by atoms with Crippen LogP contribution < -0.4 is 5.32 Å². The van der Waals surface area contributed by atoms with Gasteiger partial charge in [0.25, 0.3) is 0 Å². The Morgan fingerprint density at radius 3 is 2.33 bits per heavy atom. The maximum atomic E-state index is 12.7. The molecule has 4 N–H and O–H groups in total. The van der Waals surface area contributed by atoms with Gasteiger partial charge in [-0.3, -0.25) is 4.90 Å². The molecule has 1 amide bonds. The Morgan fingerprint density at radius 2 is 1.71 bits per heavy atom. The minimum atomic E-state index is -0.530. The van der Waals surface area contributed by atoms with E-state index in [-0.39, 0.29) is 24.3 Å². The van der Waals surface area contributed by atoms with Crippen LogP contribution in [0.1, 0.15) is 69.8 Å². The molecule has 3 fully saturated rings. The van der Waals surface area contributed by atoms with E-state index in [2.05, 4.69) is 68.8 Å². The lowest BCUT2D eigenvalue weighted by Gasteiger charge is -2.27. The molecular formula is C33H38N6O3. The number of aliphatic hydroxyl groups is 1. The van der Waals surface area contributed by atoms with Gasteiger partial charge < -0.3 is 25.1 Å². The van der Waals surface area contributed by atoms with Gasteiger partial charge in [0.05, 0.1) is 41.5 Å². The molecule has 9 heteroatoms. The molecule has 1 unspecified atom stereocenters. The van der Waals surface area contributed by atoms with E-state index in [0.29, 0.717) is 12.5 Å². The van der Waals surface area contributed by atoms with E-state index in [9.17, 15) is 9.90 Å². The molecule has 0 bridgehead atoms. The summed E-state index contributed by atoms with van der Waals surface area (Å²) in [6.45, 7) is 7.29. The smallest absolute Gasteiger partial charge is 0.410 e. The number of H-pyrrole nitrogens is 2. The van der Waals surface area contributed by atoms with Gasteiger partial charge in [0.2, 0.25) is 0 Å². The normalized spacial score (nSPS) is 23.3. The zero-order valence-corrected chi connectivity index (χ0v) is 24.4. The Bertz CT molecular complexity index is 1600. The van der Waals surface area contributed by atoms with Crippen molar-refractivity contribution in [3.8, 4) is 33.6 Å². The third-order valence-electron chi connectivity index (χ3n) is 8.88. The number of hydrogen-bond donors (Lipinski definition) is 4. The zero-order chi connectivity index (χ0) is 29.1. The second kappa shape index (κ2) is 10.1. The molecule has 3 atom stereocenters. The van der Waals surface area contributed by atoms with Crippen LogP contribution in [-0.2, 0) is 16.9 Å². The maximum absolute atomic E-state index is 12.7. The highest BCUT2D eigenvalue weighted by molar-refractivity contribution is 5.72. The van der Waals surface area contributed by atoms with Crippen LogP contribution in [0.15, 0.2) is 54.7 Å². The summed E-state index contributed by atoms with van der Waals surface area (Å²) in [7, 11) is 0. The lowest BCUT2D eigenvalue weighted by atomic mass is 10.0. The van der Waals surface area contributed by atoms with Gasteiger partial charge in [-0.15, -0.1) is 0 Å². The maximum Gasteiger partial charge on any atom is 0.410 e. The van der Waals surface area contributed by atoms with Crippen molar-refractivity contribution in [1.82, 2.24) is 30.2 Å². The van der Waals surface area contributed by atoms with E-state index in [1.807, 2.05) is 27.0 Å². The van der Waals surface area contributed by atoms with E-state index in [0.717, 1.165) is 76.8 Å². The second-order valence-electron chi connectivity index (χ2n) is 12.8. The average molecular weight is 567 g/mol. The fraction of sp³-hybridized carbons (Fsp3) is 0.424. The Labute approximate surface area is 245 Å². The zero-order valence-electron chi connectivity index (χ0n) is 24.4. The third kappa shape index (κ3) is 4.80. The van der Waals surface area contributed by atoms with Crippen LogP contribution in [0.3, 0.4) is 0 Å². The number of amides is 1. The minimum absolute atomic E-state index is 0.0200. The molecule has 9 nitrogen and oxygen atoms in total. The number of benzene rings is 2.